The second-order valence-corrected chi connectivity index (χ2v) is 5.30. The summed E-state index contributed by atoms with van der Waals surface area (Å²) in [5, 5.41) is 0.929. The third-order valence-corrected chi connectivity index (χ3v) is 3.76. The molecule has 3 rings (SSSR count). The number of hydrogen-bond donors (Lipinski definition) is 1. The molecule has 3 aromatic rings. The van der Waals surface area contributed by atoms with E-state index in [-0.39, 0.29) is 0 Å². The average molecular weight is 282 g/mol. The Hall–Kier alpha value is -2.50. The van der Waals surface area contributed by atoms with Crippen molar-refractivity contribution in [1.29, 1.82) is 0 Å². The molecule has 0 saturated carbocycles. The van der Waals surface area contributed by atoms with Crippen LogP contribution in [0.1, 0.15) is 28.5 Å². The highest BCUT2D eigenvalue weighted by atomic mass is 15.1. The average Bonchev–Trinajstić information content (AvgIpc) is 2.66. The second kappa shape index (κ2) is 4.80. The number of aryl methyl sites for hydroxylation is 3. The van der Waals surface area contributed by atoms with Crippen LogP contribution >= 0.6 is 0 Å². The van der Waals surface area contributed by atoms with Gasteiger partial charge in [0.05, 0.1) is 29.5 Å². The quantitative estimate of drug-likeness (QED) is 0.778. The topological polar surface area (TPSA) is 82.5 Å². The number of rotatable bonds is 2. The van der Waals surface area contributed by atoms with Gasteiger partial charge in [0.15, 0.2) is 0 Å². The van der Waals surface area contributed by atoms with Crippen molar-refractivity contribution in [1.82, 2.24) is 24.5 Å². The van der Waals surface area contributed by atoms with Crippen molar-refractivity contribution in [3.8, 4) is 0 Å². The summed E-state index contributed by atoms with van der Waals surface area (Å²) < 4.78 is 2.12. The molecule has 0 aliphatic carbocycles. The Morgan fingerprint density at radius 3 is 2.48 bits per heavy atom. The molecule has 108 valence electrons. The largest absolute Gasteiger partial charge is 0.383 e. The van der Waals surface area contributed by atoms with Gasteiger partial charge in [0.25, 0.3) is 0 Å². The number of nitrogens with zero attached hydrogens (tertiary/aromatic N) is 5. The zero-order chi connectivity index (χ0) is 15.1. The van der Waals surface area contributed by atoms with Crippen molar-refractivity contribution in [3.05, 3.63) is 40.9 Å². The fourth-order valence-electron chi connectivity index (χ4n) is 2.53. The van der Waals surface area contributed by atoms with Crippen LogP contribution in [0.25, 0.3) is 11.0 Å². The number of nitrogens with two attached hydrogens (primary N) is 1. The van der Waals surface area contributed by atoms with Crippen molar-refractivity contribution in [2.24, 2.45) is 0 Å². The van der Waals surface area contributed by atoms with Gasteiger partial charge >= 0.3 is 0 Å². The second-order valence-electron chi connectivity index (χ2n) is 5.30. The highest BCUT2D eigenvalue weighted by Gasteiger charge is 2.16. The number of anilines is 1. The molecule has 0 unspecified atom stereocenters. The molecule has 2 N–H and O–H groups in total. The smallest absolute Gasteiger partial charge is 0.146 e. The Balaban J connectivity index is 2.18. The molecule has 0 fully saturated rings. The number of aromatic nitrogens is 5. The lowest BCUT2D eigenvalue weighted by Crippen LogP contribution is -2.06. The van der Waals surface area contributed by atoms with Gasteiger partial charge in [-0.2, -0.15) is 0 Å². The first-order chi connectivity index (χ1) is 9.97. The maximum absolute atomic E-state index is 6.06. The summed E-state index contributed by atoms with van der Waals surface area (Å²) in [6.07, 6.45) is 3.57. The van der Waals surface area contributed by atoms with E-state index in [0.29, 0.717) is 18.2 Å². The monoisotopic (exact) mass is 282 g/mol. The predicted molar refractivity (Wildman–Crippen MR) is 82.0 cm³/mol. The zero-order valence-electron chi connectivity index (χ0n) is 12.7. The number of nitrogen functional groups attached to an aromatic ring is 1. The number of hydrogen-bond acceptors (Lipinski definition) is 5. The highest BCUT2D eigenvalue weighted by molar-refractivity contribution is 5.91. The van der Waals surface area contributed by atoms with Crippen LogP contribution in [0.4, 0.5) is 5.82 Å². The fraction of sp³-hybridized carbons (Fsp3) is 0.333. The predicted octanol–water partition coefficient (Wildman–Crippen LogP) is 2.09. The Labute approximate surface area is 123 Å². The molecule has 21 heavy (non-hydrogen) atoms. The van der Waals surface area contributed by atoms with E-state index in [1.54, 1.807) is 12.4 Å². The van der Waals surface area contributed by atoms with Crippen molar-refractivity contribution in [2.75, 3.05) is 5.73 Å². The molecule has 6 nitrogen and oxygen atoms in total. The fourth-order valence-corrected chi connectivity index (χ4v) is 2.53. The van der Waals surface area contributed by atoms with E-state index in [2.05, 4.69) is 31.4 Å². The van der Waals surface area contributed by atoms with E-state index in [9.17, 15) is 0 Å². The summed E-state index contributed by atoms with van der Waals surface area (Å²) in [5.74, 6) is 1.21. The minimum Gasteiger partial charge on any atom is -0.383 e. The van der Waals surface area contributed by atoms with Gasteiger partial charge in [0, 0.05) is 11.9 Å². The van der Waals surface area contributed by atoms with Gasteiger partial charge in [0.1, 0.15) is 17.3 Å². The van der Waals surface area contributed by atoms with Gasteiger partial charge < -0.3 is 10.3 Å². The lowest BCUT2D eigenvalue weighted by Gasteiger charge is -2.08. The van der Waals surface area contributed by atoms with E-state index < -0.39 is 0 Å². The summed E-state index contributed by atoms with van der Waals surface area (Å²) in [4.78, 5) is 17.5. The van der Waals surface area contributed by atoms with Gasteiger partial charge in [0.2, 0.25) is 0 Å². The van der Waals surface area contributed by atoms with E-state index in [1.165, 1.54) is 0 Å². The molecular formula is C15H18N6. The van der Waals surface area contributed by atoms with Crippen LogP contribution in [0.5, 0.6) is 0 Å². The molecule has 0 saturated heterocycles. The molecule has 3 aromatic heterocycles. The molecule has 0 aliphatic rings. The lowest BCUT2D eigenvalue weighted by molar-refractivity contribution is 0.758. The maximum Gasteiger partial charge on any atom is 0.146 e. The van der Waals surface area contributed by atoms with Gasteiger partial charge in [-0.05, 0) is 33.3 Å². The first-order valence-corrected chi connectivity index (χ1v) is 6.84. The number of fused-ring (bicyclic) bond motifs is 1. The van der Waals surface area contributed by atoms with Crippen LogP contribution in [0, 0.1) is 27.7 Å². The van der Waals surface area contributed by atoms with Crippen LogP contribution in [-0.4, -0.2) is 24.5 Å². The molecule has 0 bridgehead atoms. The maximum atomic E-state index is 6.06. The molecule has 0 amide bonds. The normalized spacial score (nSPS) is 11.2. The van der Waals surface area contributed by atoms with Gasteiger partial charge in [-0.3, -0.25) is 9.97 Å². The first kappa shape index (κ1) is 13.5. The minimum atomic E-state index is 0.534. The molecule has 0 aromatic carbocycles. The molecular weight excluding hydrogens is 264 g/mol. The molecule has 0 radical (unpaired) electrons. The van der Waals surface area contributed by atoms with Crippen LogP contribution in [-0.2, 0) is 6.54 Å². The third kappa shape index (κ3) is 2.22. The van der Waals surface area contributed by atoms with E-state index in [0.717, 1.165) is 33.7 Å². The minimum absolute atomic E-state index is 0.534. The van der Waals surface area contributed by atoms with Crippen molar-refractivity contribution >= 4 is 16.9 Å². The SMILES string of the molecule is Cc1cnc(Cn2c(C)c(C)c3c(N)nc(C)nc32)cn1. The molecule has 0 aliphatic heterocycles. The highest BCUT2D eigenvalue weighted by Crippen LogP contribution is 2.28. The zero-order valence-corrected chi connectivity index (χ0v) is 12.7. The van der Waals surface area contributed by atoms with Gasteiger partial charge in [-0.25, -0.2) is 9.97 Å². The third-order valence-electron chi connectivity index (χ3n) is 3.76. The van der Waals surface area contributed by atoms with E-state index >= 15 is 0 Å². The van der Waals surface area contributed by atoms with E-state index in [1.807, 2.05) is 20.8 Å². The molecule has 0 atom stereocenters. The van der Waals surface area contributed by atoms with Gasteiger partial charge in [-0.15, -0.1) is 0 Å². The Morgan fingerprint density at radius 2 is 1.81 bits per heavy atom. The van der Waals surface area contributed by atoms with Crippen molar-refractivity contribution in [2.45, 2.75) is 34.2 Å². The van der Waals surface area contributed by atoms with Crippen LogP contribution < -0.4 is 5.73 Å². The first-order valence-electron chi connectivity index (χ1n) is 6.84. The standard InChI is InChI=1S/C15H18N6/c1-8-5-18-12(6-17-8)7-21-10(3)9(2)13-14(16)19-11(4)20-15(13)21/h5-6H,7H2,1-4H3,(H2,16,19,20). The summed E-state index contributed by atoms with van der Waals surface area (Å²) in [6.45, 7) is 8.51. The molecule has 3 heterocycles. The Bertz CT molecular complexity index is 817. The summed E-state index contributed by atoms with van der Waals surface area (Å²) in [7, 11) is 0. The molecule has 6 heteroatoms. The Morgan fingerprint density at radius 1 is 1.05 bits per heavy atom. The molecule has 0 spiro atoms. The van der Waals surface area contributed by atoms with Crippen LogP contribution in [0.3, 0.4) is 0 Å². The summed E-state index contributed by atoms with van der Waals surface area (Å²) >= 11 is 0. The summed E-state index contributed by atoms with van der Waals surface area (Å²) in [5.41, 5.74) is 11.0. The van der Waals surface area contributed by atoms with Crippen molar-refractivity contribution in [3.63, 3.8) is 0 Å². The van der Waals surface area contributed by atoms with Crippen LogP contribution in [0.15, 0.2) is 12.4 Å². The van der Waals surface area contributed by atoms with Crippen molar-refractivity contribution < 1.29 is 0 Å². The van der Waals surface area contributed by atoms with Gasteiger partial charge in [-0.1, -0.05) is 0 Å². The van der Waals surface area contributed by atoms with E-state index in [4.69, 9.17) is 5.73 Å². The lowest BCUT2D eigenvalue weighted by atomic mass is 10.2. The summed E-state index contributed by atoms with van der Waals surface area (Å²) in [6, 6.07) is 0. The Kier molecular flexibility index (Phi) is 3.08. The van der Waals surface area contributed by atoms with Crippen LogP contribution in [0.2, 0.25) is 0 Å².